The van der Waals surface area contributed by atoms with Gasteiger partial charge in [-0.15, -0.1) is 0 Å². The smallest absolute Gasteiger partial charge is 0.203 e. The van der Waals surface area contributed by atoms with Crippen LogP contribution in [0.5, 0.6) is 0 Å². The van der Waals surface area contributed by atoms with Gasteiger partial charge in [0.05, 0.1) is 12.4 Å². The van der Waals surface area contributed by atoms with Gasteiger partial charge in [0.15, 0.2) is 5.82 Å². The molecular weight excluding hydrogens is 380 g/mol. The molecular formula is C22H22N6O2. The summed E-state index contributed by atoms with van der Waals surface area (Å²) in [6.45, 7) is 0.153. The number of aliphatic hydroxyl groups excluding tert-OH is 1. The Balaban J connectivity index is 1.57. The summed E-state index contributed by atoms with van der Waals surface area (Å²) in [5.41, 5.74) is 3.97. The van der Waals surface area contributed by atoms with Crippen LogP contribution in [0, 0.1) is 0 Å². The average Bonchev–Trinajstić information content (AvgIpc) is 3.21. The van der Waals surface area contributed by atoms with E-state index in [1.807, 2.05) is 37.5 Å². The molecule has 30 heavy (non-hydrogen) atoms. The van der Waals surface area contributed by atoms with E-state index in [1.54, 1.807) is 34.2 Å². The molecule has 0 spiro atoms. The van der Waals surface area contributed by atoms with E-state index in [0.717, 1.165) is 28.8 Å². The van der Waals surface area contributed by atoms with Gasteiger partial charge in [-0.1, -0.05) is 18.2 Å². The van der Waals surface area contributed by atoms with E-state index in [4.69, 9.17) is 5.11 Å². The highest BCUT2D eigenvalue weighted by Crippen LogP contribution is 2.18. The van der Waals surface area contributed by atoms with Gasteiger partial charge in [0, 0.05) is 50.3 Å². The lowest BCUT2D eigenvalue weighted by molar-refractivity contribution is 0.288. The number of rotatable bonds is 7. The van der Waals surface area contributed by atoms with E-state index >= 15 is 0 Å². The van der Waals surface area contributed by atoms with Crippen molar-refractivity contribution in [3.05, 3.63) is 88.4 Å². The van der Waals surface area contributed by atoms with Gasteiger partial charge >= 0.3 is 0 Å². The van der Waals surface area contributed by atoms with Crippen molar-refractivity contribution in [1.82, 2.24) is 29.5 Å². The molecule has 0 unspecified atom stereocenters. The molecule has 0 bridgehead atoms. The zero-order valence-electron chi connectivity index (χ0n) is 16.6. The lowest BCUT2D eigenvalue weighted by Gasteiger charge is -2.07. The molecule has 0 aliphatic rings. The van der Waals surface area contributed by atoms with Crippen LogP contribution < -0.4 is 5.43 Å². The molecule has 0 radical (unpaired) electrons. The zero-order valence-corrected chi connectivity index (χ0v) is 16.6. The van der Waals surface area contributed by atoms with Gasteiger partial charge < -0.3 is 5.11 Å². The summed E-state index contributed by atoms with van der Waals surface area (Å²) in [5, 5.41) is 17.6. The third kappa shape index (κ3) is 4.49. The summed E-state index contributed by atoms with van der Waals surface area (Å²) in [6.07, 6.45) is 10.6. The lowest BCUT2D eigenvalue weighted by atomic mass is 10.1. The number of hydrogen-bond acceptors (Lipinski definition) is 6. The van der Waals surface area contributed by atoms with Gasteiger partial charge in [0.2, 0.25) is 5.43 Å². The molecule has 3 heterocycles. The summed E-state index contributed by atoms with van der Waals surface area (Å²) >= 11 is 0. The minimum absolute atomic E-state index is 0.106. The Morgan fingerprint density at radius 3 is 2.63 bits per heavy atom. The van der Waals surface area contributed by atoms with Gasteiger partial charge in [0.25, 0.3) is 0 Å². The maximum atomic E-state index is 12.4. The first-order valence-electron chi connectivity index (χ1n) is 9.71. The predicted molar refractivity (Wildman–Crippen MR) is 112 cm³/mol. The average molecular weight is 402 g/mol. The third-order valence-corrected chi connectivity index (χ3v) is 4.72. The van der Waals surface area contributed by atoms with E-state index in [0.29, 0.717) is 24.4 Å². The fraction of sp³-hybridized carbons (Fsp3) is 0.227. The molecule has 4 aromatic rings. The van der Waals surface area contributed by atoms with Gasteiger partial charge in [-0.25, -0.2) is 14.6 Å². The SMILES string of the molecule is Cn1cc(-n2ccc(=O)c(Cc3cccc(-c4ncc(CCCO)cn4)c3)n2)cn1. The second-order valence-electron chi connectivity index (χ2n) is 7.06. The second-order valence-corrected chi connectivity index (χ2v) is 7.06. The van der Waals surface area contributed by atoms with Crippen LogP contribution in [0.1, 0.15) is 23.2 Å². The Morgan fingerprint density at radius 2 is 1.90 bits per heavy atom. The monoisotopic (exact) mass is 402 g/mol. The van der Waals surface area contributed by atoms with Crippen molar-refractivity contribution in [3.63, 3.8) is 0 Å². The second kappa shape index (κ2) is 8.79. The Morgan fingerprint density at radius 1 is 1.07 bits per heavy atom. The maximum absolute atomic E-state index is 12.4. The van der Waals surface area contributed by atoms with Gasteiger partial charge in [-0.05, 0) is 30.0 Å². The topological polar surface area (TPSA) is 98.7 Å². The zero-order chi connectivity index (χ0) is 20.9. The van der Waals surface area contributed by atoms with E-state index in [1.165, 1.54) is 6.07 Å². The van der Waals surface area contributed by atoms with Crippen molar-refractivity contribution in [2.75, 3.05) is 6.61 Å². The molecule has 8 heteroatoms. The highest BCUT2D eigenvalue weighted by Gasteiger charge is 2.09. The van der Waals surface area contributed by atoms with E-state index in [2.05, 4.69) is 20.2 Å². The fourth-order valence-electron chi connectivity index (χ4n) is 3.17. The van der Waals surface area contributed by atoms with Gasteiger partial charge in [0.1, 0.15) is 11.4 Å². The molecule has 1 aromatic carbocycles. The third-order valence-electron chi connectivity index (χ3n) is 4.72. The lowest BCUT2D eigenvalue weighted by Crippen LogP contribution is -2.16. The normalized spacial score (nSPS) is 11.0. The number of aryl methyl sites for hydroxylation is 2. The summed E-state index contributed by atoms with van der Waals surface area (Å²) in [6, 6.07) is 9.33. The maximum Gasteiger partial charge on any atom is 0.203 e. The van der Waals surface area contributed by atoms with Crippen molar-refractivity contribution in [2.45, 2.75) is 19.3 Å². The van der Waals surface area contributed by atoms with Crippen molar-refractivity contribution in [1.29, 1.82) is 0 Å². The molecule has 0 aliphatic carbocycles. The summed E-state index contributed by atoms with van der Waals surface area (Å²) < 4.78 is 3.34. The minimum Gasteiger partial charge on any atom is -0.396 e. The number of hydrogen-bond donors (Lipinski definition) is 1. The minimum atomic E-state index is -0.106. The van der Waals surface area contributed by atoms with Crippen LogP contribution >= 0.6 is 0 Å². The number of aliphatic hydroxyl groups is 1. The van der Waals surface area contributed by atoms with Gasteiger partial charge in [-0.3, -0.25) is 9.48 Å². The van der Waals surface area contributed by atoms with Crippen LogP contribution in [0.2, 0.25) is 0 Å². The molecule has 8 nitrogen and oxygen atoms in total. The van der Waals surface area contributed by atoms with Crippen LogP contribution in [0.3, 0.4) is 0 Å². The highest BCUT2D eigenvalue weighted by molar-refractivity contribution is 5.56. The van der Waals surface area contributed by atoms with Crippen molar-refractivity contribution >= 4 is 0 Å². The largest absolute Gasteiger partial charge is 0.396 e. The van der Waals surface area contributed by atoms with E-state index in [9.17, 15) is 4.79 Å². The number of benzene rings is 1. The highest BCUT2D eigenvalue weighted by atomic mass is 16.2. The van der Waals surface area contributed by atoms with Crippen LogP contribution in [0.15, 0.2) is 66.1 Å². The Bertz CT molecular complexity index is 1200. The first-order chi connectivity index (χ1) is 14.6. The van der Waals surface area contributed by atoms with Crippen molar-refractivity contribution in [2.24, 2.45) is 7.05 Å². The fourth-order valence-corrected chi connectivity index (χ4v) is 3.17. The Kier molecular flexibility index (Phi) is 5.76. The summed E-state index contributed by atoms with van der Waals surface area (Å²) in [7, 11) is 1.83. The molecule has 0 atom stereocenters. The molecule has 4 rings (SSSR count). The molecule has 1 N–H and O–H groups in total. The quantitative estimate of drug-likeness (QED) is 0.507. The molecule has 0 fully saturated rings. The Labute approximate surface area is 173 Å². The molecule has 3 aromatic heterocycles. The number of aromatic nitrogens is 6. The van der Waals surface area contributed by atoms with Crippen molar-refractivity contribution in [3.8, 4) is 17.1 Å². The van der Waals surface area contributed by atoms with E-state index in [-0.39, 0.29) is 12.0 Å². The van der Waals surface area contributed by atoms with Crippen molar-refractivity contribution < 1.29 is 5.11 Å². The standard InChI is InChI=1S/C22H22N6O2/c1-27-15-19(14-25-27)28-8-7-21(30)20(26-28)11-16-4-2-6-18(10-16)22-23-12-17(13-24-22)5-3-9-29/h2,4,6-8,10,12-15,29H,3,5,9,11H2,1H3. The number of nitrogens with zero attached hydrogens (tertiary/aromatic N) is 6. The van der Waals surface area contributed by atoms with Crippen LogP contribution in [-0.4, -0.2) is 41.2 Å². The van der Waals surface area contributed by atoms with Gasteiger partial charge in [-0.2, -0.15) is 10.2 Å². The first kappa shape index (κ1) is 19.7. The Hall–Kier alpha value is -3.65. The molecule has 152 valence electrons. The molecule has 0 saturated heterocycles. The predicted octanol–water partition coefficient (Wildman–Crippen LogP) is 1.94. The molecule has 0 amide bonds. The van der Waals surface area contributed by atoms with Crippen LogP contribution in [0.25, 0.3) is 17.1 Å². The summed E-state index contributed by atoms with van der Waals surface area (Å²) in [5.74, 6) is 0.624. The molecule has 0 aliphatic heterocycles. The summed E-state index contributed by atoms with van der Waals surface area (Å²) in [4.78, 5) is 21.2. The first-order valence-corrected chi connectivity index (χ1v) is 9.71. The van der Waals surface area contributed by atoms with Crippen LogP contribution in [0.4, 0.5) is 0 Å². The van der Waals surface area contributed by atoms with Crippen LogP contribution in [-0.2, 0) is 19.9 Å². The molecule has 0 saturated carbocycles. The van der Waals surface area contributed by atoms with E-state index < -0.39 is 0 Å².